The zero-order valence-electron chi connectivity index (χ0n) is 45.6. The summed E-state index contributed by atoms with van der Waals surface area (Å²) in [6.45, 7) is 4.84. The van der Waals surface area contributed by atoms with Gasteiger partial charge in [0.05, 0.1) is 25.4 Å². The second-order valence-electron chi connectivity index (χ2n) is 20.7. The third-order valence-electron chi connectivity index (χ3n) is 13.9. The molecule has 0 spiro atoms. The number of rotatable bonds is 56. The summed E-state index contributed by atoms with van der Waals surface area (Å²) in [5, 5.41) is 23.3. The van der Waals surface area contributed by atoms with Crippen molar-refractivity contribution in [3.05, 3.63) is 36.5 Å². The van der Waals surface area contributed by atoms with E-state index in [9.17, 15) is 19.8 Å². The van der Waals surface area contributed by atoms with Crippen molar-refractivity contribution in [2.24, 2.45) is 0 Å². The van der Waals surface area contributed by atoms with E-state index in [4.69, 9.17) is 4.74 Å². The topological polar surface area (TPSA) is 95.9 Å². The molecule has 0 aliphatic rings. The van der Waals surface area contributed by atoms with Crippen LogP contribution >= 0.6 is 0 Å². The van der Waals surface area contributed by atoms with Crippen molar-refractivity contribution in [3.8, 4) is 0 Å². The van der Waals surface area contributed by atoms with Gasteiger partial charge in [-0.25, -0.2) is 0 Å². The molecule has 2 atom stereocenters. The highest BCUT2D eigenvalue weighted by molar-refractivity contribution is 5.76. The number of ether oxygens (including phenoxy) is 1. The van der Waals surface area contributed by atoms with Crippen molar-refractivity contribution in [2.75, 3.05) is 13.2 Å². The van der Waals surface area contributed by atoms with E-state index < -0.39 is 12.1 Å². The van der Waals surface area contributed by atoms with Crippen molar-refractivity contribution in [1.29, 1.82) is 0 Å². The number of unbranched alkanes of at least 4 members (excludes halogenated alkanes) is 39. The van der Waals surface area contributed by atoms with Crippen LogP contribution in [0.15, 0.2) is 36.5 Å². The molecule has 0 saturated carbocycles. The monoisotopic (exact) mass is 956 g/mol. The number of nitrogens with one attached hydrogen (secondary N) is 1. The summed E-state index contributed by atoms with van der Waals surface area (Å²) < 4.78 is 5.41. The third kappa shape index (κ3) is 53.4. The Hall–Kier alpha value is -1.92. The predicted molar refractivity (Wildman–Crippen MR) is 296 cm³/mol. The minimum Gasteiger partial charge on any atom is -0.465 e. The molecule has 0 heterocycles. The molecule has 1 amide bonds. The average molecular weight is 957 g/mol. The number of allylic oxidation sites excluding steroid dienone is 5. The van der Waals surface area contributed by atoms with Gasteiger partial charge in [-0.05, 0) is 70.6 Å². The lowest BCUT2D eigenvalue weighted by Crippen LogP contribution is -2.45. The Kier molecular flexibility index (Phi) is 56.0. The van der Waals surface area contributed by atoms with Crippen LogP contribution in [-0.2, 0) is 14.3 Å². The minimum absolute atomic E-state index is 0.0383. The quantitative estimate of drug-likeness (QED) is 0.0321. The molecule has 2 unspecified atom stereocenters. The molecule has 0 aromatic rings. The number of hydrogen-bond donors (Lipinski definition) is 3. The Morgan fingerprint density at radius 2 is 0.735 bits per heavy atom. The zero-order chi connectivity index (χ0) is 49.3. The van der Waals surface area contributed by atoms with Crippen molar-refractivity contribution < 1.29 is 24.5 Å². The Balaban J connectivity index is 3.46. The van der Waals surface area contributed by atoms with Gasteiger partial charge in [-0.15, -0.1) is 0 Å². The summed E-state index contributed by atoms with van der Waals surface area (Å²) in [5.41, 5.74) is 0. The molecule has 0 aromatic carbocycles. The first-order valence-corrected chi connectivity index (χ1v) is 30.2. The molecule has 400 valence electrons. The molecule has 0 fully saturated rings. The van der Waals surface area contributed by atoms with Crippen LogP contribution in [0, 0.1) is 0 Å². The molecule has 0 aromatic heterocycles. The predicted octanol–water partition coefficient (Wildman–Crippen LogP) is 18.8. The van der Waals surface area contributed by atoms with E-state index in [1.165, 1.54) is 238 Å². The molecule has 0 bridgehead atoms. The fourth-order valence-corrected chi connectivity index (χ4v) is 9.30. The zero-order valence-corrected chi connectivity index (χ0v) is 45.6. The van der Waals surface area contributed by atoms with Gasteiger partial charge in [-0.2, -0.15) is 0 Å². The molecule has 68 heavy (non-hydrogen) atoms. The summed E-state index contributed by atoms with van der Waals surface area (Å²) >= 11 is 0. The van der Waals surface area contributed by atoms with Crippen LogP contribution < -0.4 is 5.32 Å². The third-order valence-corrected chi connectivity index (χ3v) is 13.9. The van der Waals surface area contributed by atoms with Gasteiger partial charge in [0.1, 0.15) is 0 Å². The number of esters is 1. The normalized spacial score (nSPS) is 12.8. The first-order valence-electron chi connectivity index (χ1n) is 30.2. The Morgan fingerprint density at radius 1 is 0.412 bits per heavy atom. The Bertz CT molecular complexity index is 1100. The van der Waals surface area contributed by atoms with Crippen molar-refractivity contribution in [3.63, 3.8) is 0 Å². The van der Waals surface area contributed by atoms with Gasteiger partial charge in [0, 0.05) is 12.8 Å². The van der Waals surface area contributed by atoms with Crippen LogP contribution in [0.3, 0.4) is 0 Å². The number of aliphatic hydroxyl groups is 2. The molecule has 6 nitrogen and oxygen atoms in total. The highest BCUT2D eigenvalue weighted by atomic mass is 16.5. The van der Waals surface area contributed by atoms with Gasteiger partial charge < -0.3 is 20.3 Å². The van der Waals surface area contributed by atoms with Crippen LogP contribution in [0.1, 0.15) is 322 Å². The van der Waals surface area contributed by atoms with Gasteiger partial charge in [-0.1, -0.05) is 275 Å². The molecule has 0 rings (SSSR count). The van der Waals surface area contributed by atoms with Crippen molar-refractivity contribution >= 4 is 11.9 Å². The van der Waals surface area contributed by atoms with Crippen LogP contribution in [0.25, 0.3) is 0 Å². The summed E-state index contributed by atoms with van der Waals surface area (Å²) in [7, 11) is 0. The van der Waals surface area contributed by atoms with Crippen LogP contribution in [0.5, 0.6) is 0 Å². The van der Waals surface area contributed by atoms with Crippen molar-refractivity contribution in [2.45, 2.75) is 334 Å². The first-order chi connectivity index (χ1) is 33.5. The first kappa shape index (κ1) is 66.1. The van der Waals surface area contributed by atoms with E-state index in [0.29, 0.717) is 25.9 Å². The number of carbonyl (C=O) groups excluding carboxylic acids is 2. The van der Waals surface area contributed by atoms with Gasteiger partial charge in [-0.3, -0.25) is 9.59 Å². The van der Waals surface area contributed by atoms with Crippen LogP contribution in [0.4, 0.5) is 0 Å². The van der Waals surface area contributed by atoms with Gasteiger partial charge in [0.25, 0.3) is 0 Å². The maximum absolute atomic E-state index is 12.5. The summed E-state index contributed by atoms with van der Waals surface area (Å²) in [4.78, 5) is 24.5. The number of aliphatic hydroxyl groups excluding tert-OH is 2. The second-order valence-corrected chi connectivity index (χ2v) is 20.7. The molecule has 3 N–H and O–H groups in total. The molecule has 0 radical (unpaired) electrons. The van der Waals surface area contributed by atoms with E-state index in [1.54, 1.807) is 0 Å². The minimum atomic E-state index is -0.668. The lowest BCUT2D eigenvalue weighted by atomic mass is 10.0. The lowest BCUT2D eigenvalue weighted by molar-refractivity contribution is -0.143. The van der Waals surface area contributed by atoms with Crippen LogP contribution in [-0.4, -0.2) is 47.4 Å². The highest BCUT2D eigenvalue weighted by Gasteiger charge is 2.20. The lowest BCUT2D eigenvalue weighted by Gasteiger charge is -2.22. The number of amides is 1. The van der Waals surface area contributed by atoms with E-state index in [1.807, 2.05) is 0 Å². The van der Waals surface area contributed by atoms with E-state index in [-0.39, 0.29) is 18.5 Å². The van der Waals surface area contributed by atoms with Gasteiger partial charge in [0.2, 0.25) is 5.91 Å². The molecular formula is C62H117NO5. The van der Waals surface area contributed by atoms with Crippen molar-refractivity contribution in [1.82, 2.24) is 5.32 Å². The smallest absolute Gasteiger partial charge is 0.305 e. The average Bonchev–Trinajstić information content (AvgIpc) is 3.34. The number of carbonyl (C=O) groups is 2. The fraction of sp³-hybridized carbons (Fsp3) is 0.871. The van der Waals surface area contributed by atoms with E-state index >= 15 is 0 Å². The maximum Gasteiger partial charge on any atom is 0.305 e. The molecular weight excluding hydrogens is 839 g/mol. The largest absolute Gasteiger partial charge is 0.465 e. The van der Waals surface area contributed by atoms with Crippen LogP contribution in [0.2, 0.25) is 0 Å². The number of hydrogen-bond acceptors (Lipinski definition) is 5. The highest BCUT2D eigenvalue weighted by Crippen LogP contribution is 2.17. The standard InChI is InChI=1S/C62H117NO5/c1-3-5-7-9-11-13-15-17-19-27-30-34-38-42-46-50-54-60(65)59(58-64)63-61(66)55-51-47-43-39-35-31-28-25-23-21-20-22-24-26-29-33-37-41-45-49-53-57-68-62(67)56-52-48-44-40-36-32-18-16-14-12-10-8-6-4-2/h16,18,33,37,45,49,59-60,64-65H,3-15,17,19-32,34-36,38-44,46-48,50-58H2,1-2H3,(H,63,66)/b18-16-,37-33-,49-45-. The fourth-order valence-electron chi connectivity index (χ4n) is 9.30. The molecule has 0 aliphatic carbocycles. The Labute approximate surface area is 424 Å². The summed E-state index contributed by atoms with van der Waals surface area (Å²) in [6, 6.07) is -0.546. The summed E-state index contributed by atoms with van der Waals surface area (Å²) in [6.07, 6.45) is 71.6. The second kappa shape index (κ2) is 57.7. The SMILES string of the molecule is CCCCCCC/C=C\CCCCCCCC(=O)OCC/C=C\C/C=C\CCCCCCCCCCCCCCCCC(=O)NC(CO)C(O)CCCCCCCCCCCCCCCCCC. The van der Waals surface area contributed by atoms with E-state index in [2.05, 4.69) is 55.6 Å². The summed E-state index contributed by atoms with van der Waals surface area (Å²) in [5.74, 6) is -0.0820. The van der Waals surface area contributed by atoms with E-state index in [0.717, 1.165) is 51.4 Å². The Morgan fingerprint density at radius 3 is 1.13 bits per heavy atom. The van der Waals surface area contributed by atoms with Gasteiger partial charge in [0.15, 0.2) is 0 Å². The maximum atomic E-state index is 12.5. The van der Waals surface area contributed by atoms with Gasteiger partial charge >= 0.3 is 5.97 Å². The molecule has 0 saturated heterocycles. The molecule has 0 aliphatic heterocycles. The molecule has 6 heteroatoms.